The number of aryl methyl sites for hydroxylation is 1. The van der Waals surface area contributed by atoms with Gasteiger partial charge in [0.05, 0.1) is 12.2 Å². The largest absolute Gasteiger partial charge is 0.464 e. The second kappa shape index (κ2) is 9.98. The van der Waals surface area contributed by atoms with Crippen LogP contribution in [0.15, 0.2) is 48.5 Å². The van der Waals surface area contributed by atoms with Crippen molar-refractivity contribution in [1.82, 2.24) is 4.90 Å². The van der Waals surface area contributed by atoms with Gasteiger partial charge in [-0.15, -0.1) is 11.8 Å². The lowest BCUT2D eigenvalue weighted by atomic mass is 10.1. The van der Waals surface area contributed by atoms with E-state index < -0.39 is 29.1 Å². The Morgan fingerprint density at radius 3 is 2.25 bits per heavy atom. The number of thioether (sulfide) groups is 1. The Labute approximate surface area is 190 Å². The van der Waals surface area contributed by atoms with Gasteiger partial charge < -0.3 is 9.64 Å². The van der Waals surface area contributed by atoms with Crippen LogP contribution in [0.4, 0.5) is 13.2 Å². The topological polar surface area (TPSA) is 46.6 Å². The summed E-state index contributed by atoms with van der Waals surface area (Å²) in [5, 5.41) is -0.591. The lowest BCUT2D eigenvalue weighted by molar-refractivity contribution is -0.149. The average Bonchev–Trinajstić information content (AvgIpc) is 3.21. The number of nitrogens with zero attached hydrogens (tertiary/aromatic N) is 1. The maximum absolute atomic E-state index is 13.4. The van der Waals surface area contributed by atoms with Crippen molar-refractivity contribution in [2.45, 2.75) is 44.8 Å². The molecule has 32 heavy (non-hydrogen) atoms. The van der Waals surface area contributed by atoms with Crippen LogP contribution in [0.2, 0.25) is 0 Å². The summed E-state index contributed by atoms with van der Waals surface area (Å²) in [5.41, 5.74) is 1.26. The van der Waals surface area contributed by atoms with E-state index in [4.69, 9.17) is 4.74 Å². The molecule has 1 fully saturated rings. The van der Waals surface area contributed by atoms with Crippen molar-refractivity contribution in [1.29, 1.82) is 0 Å². The first-order valence-corrected chi connectivity index (χ1v) is 11.5. The third kappa shape index (κ3) is 5.46. The number of hydrogen-bond acceptors (Lipinski definition) is 4. The van der Waals surface area contributed by atoms with Crippen molar-refractivity contribution in [3.8, 4) is 0 Å². The first-order chi connectivity index (χ1) is 15.1. The number of carbonyl (C=O) groups is 2. The van der Waals surface area contributed by atoms with Crippen LogP contribution >= 0.6 is 11.8 Å². The summed E-state index contributed by atoms with van der Waals surface area (Å²) in [6.45, 7) is 6.08. The summed E-state index contributed by atoms with van der Waals surface area (Å²) in [4.78, 5) is 27.7. The molecular weight excluding hydrogens is 439 g/mol. The van der Waals surface area contributed by atoms with Crippen molar-refractivity contribution in [2.75, 3.05) is 12.4 Å². The second-order valence-electron chi connectivity index (χ2n) is 8.11. The van der Waals surface area contributed by atoms with Gasteiger partial charge in [-0.2, -0.15) is 13.2 Å². The van der Waals surface area contributed by atoms with Crippen molar-refractivity contribution in [3.05, 3.63) is 70.8 Å². The molecule has 0 N–H and O–H groups in total. The zero-order chi connectivity index (χ0) is 23.5. The summed E-state index contributed by atoms with van der Waals surface area (Å²) in [5.74, 6) is -0.404. The highest BCUT2D eigenvalue weighted by molar-refractivity contribution is 7.99. The molecule has 2 aromatic carbocycles. The van der Waals surface area contributed by atoms with E-state index in [1.165, 1.54) is 28.8 Å². The number of ether oxygens (including phenoxy) is 1. The summed E-state index contributed by atoms with van der Waals surface area (Å²) >= 11 is 1.34. The number of benzene rings is 2. The molecule has 0 bridgehead atoms. The smallest absolute Gasteiger partial charge is 0.416 e. The molecule has 1 aliphatic heterocycles. The van der Waals surface area contributed by atoms with Gasteiger partial charge in [-0.25, -0.2) is 4.79 Å². The normalized spacial score (nSPS) is 18.8. The molecule has 3 rings (SSSR count). The second-order valence-corrected chi connectivity index (χ2v) is 9.22. The molecule has 0 radical (unpaired) electrons. The predicted molar refractivity (Wildman–Crippen MR) is 118 cm³/mol. The van der Waals surface area contributed by atoms with E-state index in [1.54, 1.807) is 12.1 Å². The van der Waals surface area contributed by atoms with E-state index in [2.05, 4.69) is 0 Å². The van der Waals surface area contributed by atoms with E-state index in [1.807, 2.05) is 32.9 Å². The molecule has 1 saturated heterocycles. The molecule has 1 heterocycles. The third-order valence-electron chi connectivity index (χ3n) is 5.20. The molecule has 1 amide bonds. The molecule has 2 unspecified atom stereocenters. The van der Waals surface area contributed by atoms with Crippen molar-refractivity contribution < 1.29 is 27.5 Å². The van der Waals surface area contributed by atoms with Crippen LogP contribution in [0.5, 0.6) is 0 Å². The Morgan fingerprint density at radius 1 is 1.09 bits per heavy atom. The van der Waals surface area contributed by atoms with E-state index in [9.17, 15) is 22.8 Å². The van der Waals surface area contributed by atoms with Gasteiger partial charge in [0.1, 0.15) is 11.4 Å². The SMILES string of the molecule is CCc1ccc(C(=O)N2C(C(=O)OCC(C)C)CSC2c2ccc(C(F)(F)F)cc2)cc1. The van der Waals surface area contributed by atoms with Crippen molar-refractivity contribution in [3.63, 3.8) is 0 Å². The fraction of sp³-hybridized carbons (Fsp3) is 0.417. The molecule has 2 atom stereocenters. The minimum Gasteiger partial charge on any atom is -0.464 e. The highest BCUT2D eigenvalue weighted by Gasteiger charge is 2.43. The number of hydrogen-bond donors (Lipinski definition) is 0. The number of alkyl halides is 3. The molecule has 0 spiro atoms. The quantitative estimate of drug-likeness (QED) is 0.512. The van der Waals surface area contributed by atoms with Gasteiger partial charge >= 0.3 is 12.1 Å². The Morgan fingerprint density at radius 2 is 1.72 bits per heavy atom. The van der Waals surface area contributed by atoms with Crippen LogP contribution in [0.25, 0.3) is 0 Å². The van der Waals surface area contributed by atoms with Gasteiger partial charge in [0.15, 0.2) is 0 Å². The maximum Gasteiger partial charge on any atom is 0.416 e. The zero-order valence-corrected chi connectivity index (χ0v) is 19.0. The monoisotopic (exact) mass is 465 g/mol. The summed E-state index contributed by atoms with van der Waals surface area (Å²) in [6.07, 6.45) is -3.62. The highest BCUT2D eigenvalue weighted by atomic mass is 32.2. The van der Waals surface area contributed by atoms with Gasteiger partial charge in [0.2, 0.25) is 0 Å². The molecule has 2 aromatic rings. The zero-order valence-electron chi connectivity index (χ0n) is 18.2. The number of carbonyl (C=O) groups excluding carboxylic acids is 2. The molecule has 8 heteroatoms. The summed E-state index contributed by atoms with van der Waals surface area (Å²) in [6, 6.07) is 11.0. The van der Waals surface area contributed by atoms with Crippen LogP contribution in [-0.2, 0) is 22.1 Å². The molecule has 1 aliphatic rings. The maximum atomic E-state index is 13.4. The Bertz CT molecular complexity index is 942. The third-order valence-corrected chi connectivity index (χ3v) is 6.52. The minimum absolute atomic E-state index is 0.143. The first kappa shape index (κ1) is 24.2. The van der Waals surface area contributed by atoms with Crippen LogP contribution in [0.3, 0.4) is 0 Å². The lowest BCUT2D eigenvalue weighted by Crippen LogP contribution is -2.44. The van der Waals surface area contributed by atoms with Gasteiger partial charge in [0, 0.05) is 11.3 Å². The van der Waals surface area contributed by atoms with E-state index in [0.717, 1.165) is 24.1 Å². The van der Waals surface area contributed by atoms with Gasteiger partial charge in [-0.05, 0) is 47.7 Å². The molecule has 172 valence electrons. The van der Waals surface area contributed by atoms with Crippen molar-refractivity contribution in [2.24, 2.45) is 5.92 Å². The predicted octanol–water partition coefficient (Wildman–Crippen LogP) is 5.72. The molecular formula is C24H26F3NO3S. The van der Waals surface area contributed by atoms with Gasteiger partial charge in [-0.3, -0.25) is 4.79 Å². The van der Waals surface area contributed by atoms with Crippen LogP contribution in [0.1, 0.15) is 53.2 Å². The summed E-state index contributed by atoms with van der Waals surface area (Å²) < 4.78 is 44.3. The minimum atomic E-state index is -4.44. The Balaban J connectivity index is 1.92. The molecule has 0 aromatic heterocycles. The standard InChI is InChI=1S/C24H26F3NO3S/c1-4-16-5-7-17(8-6-16)21(29)28-20(23(30)31-13-15(2)3)14-32-22(28)18-9-11-19(12-10-18)24(25,26)27/h5-12,15,20,22H,4,13-14H2,1-3H3. The fourth-order valence-corrected chi connectivity index (χ4v) is 4.82. The number of halogens is 3. The molecule has 4 nitrogen and oxygen atoms in total. The Kier molecular flexibility index (Phi) is 7.54. The van der Waals surface area contributed by atoms with Crippen LogP contribution in [0, 0.1) is 5.92 Å². The van der Waals surface area contributed by atoms with Gasteiger partial charge in [-0.1, -0.05) is 45.0 Å². The van der Waals surface area contributed by atoms with E-state index in [0.29, 0.717) is 16.9 Å². The first-order valence-electron chi connectivity index (χ1n) is 10.5. The highest BCUT2D eigenvalue weighted by Crippen LogP contribution is 2.43. The number of amides is 1. The summed E-state index contributed by atoms with van der Waals surface area (Å²) in [7, 11) is 0. The number of esters is 1. The number of rotatable bonds is 6. The molecule has 0 saturated carbocycles. The fourth-order valence-electron chi connectivity index (χ4n) is 3.41. The Hall–Kier alpha value is -2.48. The molecule has 0 aliphatic carbocycles. The van der Waals surface area contributed by atoms with Crippen molar-refractivity contribution >= 4 is 23.6 Å². The lowest BCUT2D eigenvalue weighted by Gasteiger charge is -2.29. The van der Waals surface area contributed by atoms with Crippen LogP contribution < -0.4 is 0 Å². The van der Waals surface area contributed by atoms with Gasteiger partial charge in [0.25, 0.3) is 5.91 Å². The van der Waals surface area contributed by atoms with Crippen LogP contribution in [-0.4, -0.2) is 35.2 Å². The van der Waals surface area contributed by atoms with E-state index >= 15 is 0 Å². The van der Waals surface area contributed by atoms with E-state index in [-0.39, 0.29) is 18.4 Å². The average molecular weight is 466 g/mol.